The third-order valence-electron chi connectivity index (χ3n) is 5.15. The van der Waals surface area contributed by atoms with Crippen molar-refractivity contribution in [3.63, 3.8) is 0 Å². The molecule has 0 aromatic rings. The number of hydrogen-bond donors (Lipinski definition) is 2. The number of nitrogens with zero attached hydrogens (tertiary/aromatic N) is 1. The Balaban J connectivity index is 3.55. The molecule has 0 aliphatic carbocycles. The van der Waals surface area contributed by atoms with Gasteiger partial charge in [-0.2, -0.15) is 0 Å². The van der Waals surface area contributed by atoms with Crippen LogP contribution in [0.4, 0.5) is 0 Å². The summed E-state index contributed by atoms with van der Waals surface area (Å²) in [5, 5.41) is 19.5. The Labute approximate surface area is 162 Å². The van der Waals surface area contributed by atoms with Crippen LogP contribution in [-0.4, -0.2) is 53.5 Å². The number of aliphatic carboxylic acids is 1. The molecule has 0 fully saturated rings. The molecule has 0 aliphatic rings. The van der Waals surface area contributed by atoms with Crippen molar-refractivity contribution in [2.75, 3.05) is 27.2 Å². The SMILES string of the molecule is CCCCCCCCCCCCCCCC(C)(O)C[N+](C)(C)CC(=O)O. The predicted molar refractivity (Wildman–Crippen MR) is 110 cm³/mol. The Bertz CT molecular complexity index is 353. The second-order valence-electron chi connectivity index (χ2n) is 9.14. The molecule has 2 N–H and O–H groups in total. The Kier molecular flexibility index (Phi) is 14.1. The van der Waals surface area contributed by atoms with Crippen molar-refractivity contribution in [2.45, 2.75) is 109 Å². The highest BCUT2D eigenvalue weighted by Crippen LogP contribution is 2.19. The Hall–Kier alpha value is -0.610. The van der Waals surface area contributed by atoms with Gasteiger partial charge in [0.15, 0.2) is 6.54 Å². The van der Waals surface area contributed by atoms with Crippen LogP contribution in [0.3, 0.4) is 0 Å². The predicted octanol–water partition coefficient (Wildman–Crippen LogP) is 5.38. The summed E-state index contributed by atoms with van der Waals surface area (Å²) >= 11 is 0. The molecular weight excluding hydrogens is 326 g/mol. The number of aliphatic hydroxyl groups is 1. The van der Waals surface area contributed by atoms with Gasteiger partial charge in [-0.3, -0.25) is 0 Å². The molecule has 0 radical (unpaired) electrons. The Morgan fingerprint density at radius 1 is 0.808 bits per heavy atom. The quantitative estimate of drug-likeness (QED) is 0.251. The van der Waals surface area contributed by atoms with E-state index in [1.54, 1.807) is 0 Å². The number of likely N-dealkylation sites (N-methyl/N-ethyl adjacent to an activating group) is 1. The molecule has 4 nitrogen and oxygen atoms in total. The summed E-state index contributed by atoms with van der Waals surface area (Å²) < 4.78 is 0.320. The van der Waals surface area contributed by atoms with Crippen LogP contribution in [0.15, 0.2) is 0 Å². The molecule has 156 valence electrons. The summed E-state index contributed by atoms with van der Waals surface area (Å²) in [5.41, 5.74) is -0.781. The molecule has 0 rings (SSSR count). The number of rotatable bonds is 18. The minimum Gasteiger partial charge on any atom is -0.477 e. The molecule has 0 saturated carbocycles. The van der Waals surface area contributed by atoms with E-state index in [1.807, 2.05) is 21.0 Å². The molecule has 0 spiro atoms. The van der Waals surface area contributed by atoms with Crippen molar-refractivity contribution in [1.29, 1.82) is 0 Å². The number of quaternary nitrogens is 1. The van der Waals surface area contributed by atoms with Crippen LogP contribution in [0.1, 0.15) is 104 Å². The molecule has 1 atom stereocenters. The monoisotopic (exact) mass is 372 g/mol. The lowest BCUT2D eigenvalue weighted by molar-refractivity contribution is -0.889. The van der Waals surface area contributed by atoms with Crippen LogP contribution in [0.2, 0.25) is 0 Å². The van der Waals surface area contributed by atoms with Crippen molar-refractivity contribution in [3.8, 4) is 0 Å². The van der Waals surface area contributed by atoms with Crippen molar-refractivity contribution in [3.05, 3.63) is 0 Å². The van der Waals surface area contributed by atoms with Gasteiger partial charge in [0.2, 0.25) is 0 Å². The first-order valence-corrected chi connectivity index (χ1v) is 10.9. The topological polar surface area (TPSA) is 57.5 Å². The maximum Gasteiger partial charge on any atom is 0.359 e. The van der Waals surface area contributed by atoms with E-state index in [1.165, 1.54) is 77.0 Å². The van der Waals surface area contributed by atoms with Crippen molar-refractivity contribution in [2.24, 2.45) is 0 Å². The minimum absolute atomic E-state index is 0.0504. The highest BCUT2D eigenvalue weighted by Gasteiger charge is 2.31. The lowest BCUT2D eigenvalue weighted by Gasteiger charge is -2.35. The fourth-order valence-corrected chi connectivity index (χ4v) is 3.95. The third kappa shape index (κ3) is 16.8. The molecule has 0 saturated heterocycles. The second-order valence-corrected chi connectivity index (χ2v) is 9.14. The van der Waals surface area contributed by atoms with E-state index in [-0.39, 0.29) is 6.54 Å². The first-order valence-electron chi connectivity index (χ1n) is 10.9. The fraction of sp³-hybridized carbons (Fsp3) is 0.955. The van der Waals surface area contributed by atoms with Gasteiger partial charge in [0.25, 0.3) is 0 Å². The van der Waals surface area contributed by atoms with Gasteiger partial charge in [0, 0.05) is 0 Å². The van der Waals surface area contributed by atoms with E-state index < -0.39 is 11.6 Å². The number of carbonyl (C=O) groups is 1. The largest absolute Gasteiger partial charge is 0.477 e. The normalized spacial score (nSPS) is 14.3. The van der Waals surface area contributed by atoms with Crippen molar-refractivity contribution < 1.29 is 19.5 Å². The van der Waals surface area contributed by atoms with Crippen molar-refractivity contribution >= 4 is 5.97 Å². The van der Waals surface area contributed by atoms with Crippen LogP contribution in [-0.2, 0) is 4.79 Å². The molecule has 0 aromatic heterocycles. The zero-order chi connectivity index (χ0) is 19.9. The highest BCUT2D eigenvalue weighted by atomic mass is 16.4. The highest BCUT2D eigenvalue weighted by molar-refractivity contribution is 5.67. The molecular formula is C22H46NO3+. The van der Waals surface area contributed by atoms with E-state index >= 15 is 0 Å². The van der Waals surface area contributed by atoms with E-state index in [0.717, 1.165) is 12.8 Å². The molecule has 1 unspecified atom stereocenters. The number of carboxylic acids is 1. The number of unbranched alkanes of at least 4 members (excludes halogenated alkanes) is 12. The summed E-state index contributed by atoms with van der Waals surface area (Å²) in [4.78, 5) is 10.9. The van der Waals surface area contributed by atoms with Crippen LogP contribution in [0, 0.1) is 0 Å². The lowest BCUT2D eigenvalue weighted by atomic mass is 9.96. The standard InChI is InChI=1S/C22H45NO3/c1-5-6-7-8-9-10-11-12-13-14-15-16-17-18-22(2,26)20-23(3,4)19-21(24)25/h26H,5-20H2,1-4H3/p+1. The summed E-state index contributed by atoms with van der Waals surface area (Å²) in [5.74, 6) is -0.813. The Morgan fingerprint density at radius 3 is 1.58 bits per heavy atom. The number of hydrogen-bond acceptors (Lipinski definition) is 2. The third-order valence-corrected chi connectivity index (χ3v) is 5.15. The molecule has 0 bridgehead atoms. The van der Waals surface area contributed by atoms with Gasteiger partial charge in [-0.1, -0.05) is 90.4 Å². The van der Waals surface area contributed by atoms with E-state index in [9.17, 15) is 9.90 Å². The smallest absolute Gasteiger partial charge is 0.359 e. The van der Waals surface area contributed by atoms with Gasteiger partial charge in [-0.05, 0) is 13.3 Å². The van der Waals surface area contributed by atoms with Gasteiger partial charge < -0.3 is 14.7 Å². The first-order chi connectivity index (χ1) is 12.2. The van der Waals surface area contributed by atoms with E-state index in [0.29, 0.717) is 11.0 Å². The zero-order valence-corrected chi connectivity index (χ0v) is 18.1. The van der Waals surface area contributed by atoms with Crippen LogP contribution < -0.4 is 0 Å². The maximum absolute atomic E-state index is 10.9. The molecule has 0 aromatic carbocycles. The average Bonchev–Trinajstić information content (AvgIpc) is 2.49. The van der Waals surface area contributed by atoms with Gasteiger partial charge in [0.05, 0.1) is 14.1 Å². The second kappa shape index (κ2) is 14.4. The summed E-state index contributed by atoms with van der Waals surface area (Å²) in [6.07, 6.45) is 17.9. The minimum atomic E-state index is -0.813. The molecule has 4 heteroatoms. The van der Waals surface area contributed by atoms with Gasteiger partial charge in [-0.25, -0.2) is 4.79 Å². The van der Waals surface area contributed by atoms with Crippen LogP contribution in [0.5, 0.6) is 0 Å². The number of carboxylic acid groups (broad SMARTS) is 1. The zero-order valence-electron chi connectivity index (χ0n) is 18.1. The molecule has 0 amide bonds. The molecule has 0 heterocycles. The Morgan fingerprint density at radius 2 is 1.19 bits per heavy atom. The van der Waals surface area contributed by atoms with Crippen LogP contribution in [0.25, 0.3) is 0 Å². The summed E-state index contributed by atoms with van der Waals surface area (Å²) in [7, 11) is 3.73. The van der Waals surface area contributed by atoms with Gasteiger partial charge >= 0.3 is 5.97 Å². The fourth-order valence-electron chi connectivity index (χ4n) is 3.95. The van der Waals surface area contributed by atoms with Crippen LogP contribution >= 0.6 is 0 Å². The average molecular weight is 373 g/mol. The van der Waals surface area contributed by atoms with E-state index in [4.69, 9.17) is 5.11 Å². The summed E-state index contributed by atoms with van der Waals surface area (Å²) in [6, 6.07) is 0. The van der Waals surface area contributed by atoms with Crippen molar-refractivity contribution in [1.82, 2.24) is 0 Å². The van der Waals surface area contributed by atoms with Gasteiger partial charge in [0.1, 0.15) is 12.1 Å². The first kappa shape index (κ1) is 25.4. The summed E-state index contributed by atoms with van der Waals surface area (Å²) in [6.45, 7) is 4.64. The van der Waals surface area contributed by atoms with E-state index in [2.05, 4.69) is 6.92 Å². The van der Waals surface area contributed by atoms with Gasteiger partial charge in [-0.15, -0.1) is 0 Å². The molecule has 0 aliphatic heterocycles. The molecule has 26 heavy (non-hydrogen) atoms. The lowest BCUT2D eigenvalue weighted by Crippen LogP contribution is -2.52. The maximum atomic E-state index is 10.9.